The van der Waals surface area contributed by atoms with Crippen LogP contribution < -0.4 is 15.8 Å². The fraction of sp³-hybridized carbons (Fsp3) is 0.308. The smallest absolute Gasteiger partial charge is 0.218 e. The summed E-state index contributed by atoms with van der Waals surface area (Å²) >= 11 is 5.84. The number of rotatable bonds is 5. The lowest BCUT2D eigenvalue weighted by Crippen LogP contribution is -2.11. The molecule has 0 amide bonds. The van der Waals surface area contributed by atoms with Crippen molar-refractivity contribution >= 4 is 23.1 Å². The summed E-state index contributed by atoms with van der Waals surface area (Å²) < 4.78 is 5.65. The van der Waals surface area contributed by atoms with E-state index in [2.05, 4.69) is 20.3 Å². The summed E-state index contributed by atoms with van der Waals surface area (Å²) in [6.45, 7) is 4.38. The Labute approximate surface area is 122 Å². The van der Waals surface area contributed by atoms with Crippen molar-refractivity contribution in [3.05, 3.63) is 35.4 Å². The molecule has 0 unspecified atom stereocenters. The van der Waals surface area contributed by atoms with Gasteiger partial charge in [0.25, 0.3) is 0 Å². The molecule has 0 bridgehead atoms. The van der Waals surface area contributed by atoms with Crippen LogP contribution in [0.15, 0.2) is 24.7 Å². The van der Waals surface area contributed by atoms with Gasteiger partial charge in [-0.05, 0) is 19.9 Å². The number of pyridine rings is 1. The van der Waals surface area contributed by atoms with Crippen molar-refractivity contribution in [1.29, 1.82) is 0 Å². The van der Waals surface area contributed by atoms with Crippen LogP contribution >= 0.6 is 11.6 Å². The van der Waals surface area contributed by atoms with Crippen LogP contribution in [0.5, 0.6) is 5.88 Å². The number of nitrogens with one attached hydrogen (secondary N) is 1. The van der Waals surface area contributed by atoms with Crippen molar-refractivity contribution in [2.24, 2.45) is 0 Å². The Morgan fingerprint density at radius 3 is 2.90 bits per heavy atom. The molecular formula is C13H16ClN5O. The van der Waals surface area contributed by atoms with Crippen molar-refractivity contribution in [3.63, 3.8) is 0 Å². The maximum Gasteiger partial charge on any atom is 0.218 e. The molecule has 2 rings (SSSR count). The highest BCUT2D eigenvalue weighted by atomic mass is 35.5. The second-order valence-corrected chi connectivity index (χ2v) is 4.77. The summed E-state index contributed by atoms with van der Waals surface area (Å²) in [5.74, 6) is 1.08. The van der Waals surface area contributed by atoms with E-state index in [1.54, 1.807) is 6.20 Å². The molecule has 2 aromatic heterocycles. The Hall–Kier alpha value is -2.08. The summed E-state index contributed by atoms with van der Waals surface area (Å²) in [5, 5.41) is 3.33. The second-order valence-electron chi connectivity index (χ2n) is 4.41. The molecule has 6 nitrogen and oxygen atoms in total. The number of aromatic nitrogens is 3. The molecule has 0 fully saturated rings. The Morgan fingerprint density at radius 1 is 1.35 bits per heavy atom. The number of nitrogen functional groups attached to an aromatic ring is 1. The molecule has 20 heavy (non-hydrogen) atoms. The number of hydrogen-bond donors (Lipinski definition) is 2. The van der Waals surface area contributed by atoms with Gasteiger partial charge in [0.15, 0.2) is 11.0 Å². The van der Waals surface area contributed by atoms with Gasteiger partial charge in [0.2, 0.25) is 5.88 Å². The number of anilines is 2. The van der Waals surface area contributed by atoms with Gasteiger partial charge in [0.05, 0.1) is 6.10 Å². The molecule has 0 aliphatic carbocycles. The maximum atomic E-state index is 5.84. The third kappa shape index (κ3) is 3.48. The average Bonchev–Trinajstić information content (AvgIpc) is 2.41. The van der Waals surface area contributed by atoms with E-state index >= 15 is 0 Å². The summed E-state index contributed by atoms with van der Waals surface area (Å²) in [4.78, 5) is 12.1. The van der Waals surface area contributed by atoms with Crippen molar-refractivity contribution in [2.75, 3.05) is 11.1 Å². The lowest BCUT2D eigenvalue weighted by Gasteiger charge is -2.14. The first-order chi connectivity index (χ1) is 9.58. The zero-order chi connectivity index (χ0) is 14.5. The zero-order valence-electron chi connectivity index (χ0n) is 11.3. The minimum Gasteiger partial charge on any atom is -0.475 e. The van der Waals surface area contributed by atoms with Gasteiger partial charge in [-0.3, -0.25) is 0 Å². The number of ether oxygens (including phenoxy) is 1. The van der Waals surface area contributed by atoms with Gasteiger partial charge in [0, 0.05) is 18.3 Å². The first-order valence-corrected chi connectivity index (χ1v) is 6.56. The Bertz CT molecular complexity index is 591. The number of nitrogens with zero attached hydrogens (tertiary/aromatic N) is 3. The van der Waals surface area contributed by atoms with Gasteiger partial charge in [-0.25, -0.2) is 15.0 Å². The standard InChI is InChI=1S/C13H16ClN5O/c1-8(2)20-13-9(4-3-5-16-13)6-17-12-10(15)11(14)18-7-19-12/h3-5,7-8H,6,15H2,1-2H3,(H,17,18,19). The maximum absolute atomic E-state index is 5.84. The highest BCUT2D eigenvalue weighted by molar-refractivity contribution is 6.32. The zero-order valence-corrected chi connectivity index (χ0v) is 12.1. The monoisotopic (exact) mass is 293 g/mol. The van der Waals surface area contributed by atoms with E-state index in [9.17, 15) is 0 Å². The molecule has 0 saturated carbocycles. The van der Waals surface area contributed by atoms with Crippen molar-refractivity contribution in [1.82, 2.24) is 15.0 Å². The minimum absolute atomic E-state index is 0.0576. The van der Waals surface area contributed by atoms with E-state index in [0.29, 0.717) is 23.9 Å². The van der Waals surface area contributed by atoms with Crippen molar-refractivity contribution < 1.29 is 4.74 Å². The fourth-order valence-electron chi connectivity index (χ4n) is 1.58. The lowest BCUT2D eigenvalue weighted by atomic mass is 10.2. The molecule has 106 valence electrons. The van der Waals surface area contributed by atoms with E-state index in [0.717, 1.165) is 5.56 Å². The van der Waals surface area contributed by atoms with Crippen LogP contribution in [0.3, 0.4) is 0 Å². The summed E-state index contributed by atoms with van der Waals surface area (Å²) in [7, 11) is 0. The molecule has 0 aromatic carbocycles. The second kappa shape index (κ2) is 6.38. The first-order valence-electron chi connectivity index (χ1n) is 6.18. The SMILES string of the molecule is CC(C)Oc1ncccc1CNc1ncnc(Cl)c1N. The molecule has 0 radical (unpaired) electrons. The topological polar surface area (TPSA) is 86.0 Å². The van der Waals surface area contributed by atoms with Crippen molar-refractivity contribution in [2.45, 2.75) is 26.5 Å². The van der Waals surface area contributed by atoms with E-state index in [1.807, 2.05) is 26.0 Å². The van der Waals surface area contributed by atoms with E-state index in [-0.39, 0.29) is 11.3 Å². The Morgan fingerprint density at radius 2 is 2.15 bits per heavy atom. The van der Waals surface area contributed by atoms with Crippen LogP contribution in [0.25, 0.3) is 0 Å². The van der Waals surface area contributed by atoms with Gasteiger partial charge in [-0.15, -0.1) is 0 Å². The highest BCUT2D eigenvalue weighted by Crippen LogP contribution is 2.23. The lowest BCUT2D eigenvalue weighted by molar-refractivity contribution is 0.230. The summed E-state index contributed by atoms with van der Waals surface area (Å²) in [6.07, 6.45) is 3.11. The van der Waals surface area contributed by atoms with E-state index < -0.39 is 0 Å². The van der Waals surface area contributed by atoms with Crippen molar-refractivity contribution in [3.8, 4) is 5.88 Å². The molecular weight excluding hydrogens is 278 g/mol. The van der Waals surface area contributed by atoms with Gasteiger partial charge < -0.3 is 15.8 Å². The predicted molar refractivity (Wildman–Crippen MR) is 78.8 cm³/mol. The minimum atomic E-state index is 0.0576. The molecule has 2 heterocycles. The van der Waals surface area contributed by atoms with Gasteiger partial charge in [-0.2, -0.15) is 0 Å². The molecule has 0 aliphatic rings. The first kappa shape index (κ1) is 14.3. The normalized spacial score (nSPS) is 10.6. The molecule has 0 atom stereocenters. The Balaban J connectivity index is 2.13. The van der Waals surface area contributed by atoms with Crippen LogP contribution in [0.2, 0.25) is 5.15 Å². The number of nitrogens with two attached hydrogens (primary N) is 1. The highest BCUT2D eigenvalue weighted by Gasteiger charge is 2.09. The summed E-state index contributed by atoms with van der Waals surface area (Å²) in [5.41, 5.74) is 7.04. The molecule has 3 N–H and O–H groups in total. The molecule has 0 spiro atoms. The number of halogens is 1. The third-order valence-corrected chi connectivity index (χ3v) is 2.78. The molecule has 0 saturated heterocycles. The van der Waals surface area contributed by atoms with Gasteiger partial charge in [-0.1, -0.05) is 17.7 Å². The predicted octanol–water partition coefficient (Wildman–Crippen LogP) is 2.51. The molecule has 0 aliphatic heterocycles. The van der Waals surface area contributed by atoms with Crippen LogP contribution in [-0.2, 0) is 6.54 Å². The average molecular weight is 294 g/mol. The van der Waals surface area contributed by atoms with E-state index in [1.165, 1.54) is 6.33 Å². The third-order valence-electron chi connectivity index (χ3n) is 2.48. The molecule has 2 aromatic rings. The quantitative estimate of drug-likeness (QED) is 0.824. The van der Waals surface area contributed by atoms with Gasteiger partial charge >= 0.3 is 0 Å². The summed E-state index contributed by atoms with van der Waals surface area (Å²) in [6, 6.07) is 3.78. The van der Waals surface area contributed by atoms with E-state index in [4.69, 9.17) is 22.1 Å². The van der Waals surface area contributed by atoms with Crippen LogP contribution in [0.1, 0.15) is 19.4 Å². The van der Waals surface area contributed by atoms with Crippen LogP contribution in [-0.4, -0.2) is 21.1 Å². The fourth-order valence-corrected chi connectivity index (χ4v) is 1.72. The van der Waals surface area contributed by atoms with Crippen LogP contribution in [0, 0.1) is 0 Å². The Kier molecular flexibility index (Phi) is 4.57. The number of hydrogen-bond acceptors (Lipinski definition) is 6. The molecule has 7 heteroatoms. The largest absolute Gasteiger partial charge is 0.475 e. The van der Waals surface area contributed by atoms with Gasteiger partial charge in [0.1, 0.15) is 12.0 Å². The van der Waals surface area contributed by atoms with Crippen LogP contribution in [0.4, 0.5) is 11.5 Å².